The highest BCUT2D eigenvalue weighted by molar-refractivity contribution is 4.44. The van der Waals surface area contributed by atoms with Gasteiger partial charge >= 0.3 is 0 Å². The van der Waals surface area contributed by atoms with Gasteiger partial charge in [0.05, 0.1) is 13.2 Å². The van der Waals surface area contributed by atoms with Crippen LogP contribution >= 0.6 is 0 Å². The lowest BCUT2D eigenvalue weighted by atomic mass is 10.6. The van der Waals surface area contributed by atoms with Gasteiger partial charge in [-0.15, -0.1) is 0 Å². The molecule has 2 N–H and O–H groups in total. The zero-order valence-electron chi connectivity index (χ0n) is 7.35. The minimum absolute atomic E-state index is 0.756. The summed E-state index contributed by atoms with van der Waals surface area (Å²) in [6, 6.07) is 0. The summed E-state index contributed by atoms with van der Waals surface area (Å²) in [7, 11) is 3.39. The van der Waals surface area contributed by atoms with Crippen LogP contribution in [0.25, 0.3) is 0 Å². The summed E-state index contributed by atoms with van der Waals surface area (Å²) in [6.07, 6.45) is 0. The van der Waals surface area contributed by atoms with Gasteiger partial charge in [0.25, 0.3) is 0 Å². The summed E-state index contributed by atoms with van der Waals surface area (Å²) in [6.45, 7) is 4.09. The molecule has 0 spiro atoms. The minimum Gasteiger partial charge on any atom is -0.383 e. The normalized spacial score (nSPS) is 10.4. The molecule has 0 fully saturated rings. The van der Waals surface area contributed by atoms with E-state index in [0.717, 1.165) is 33.0 Å². The first-order valence-electron chi connectivity index (χ1n) is 3.81. The molecule has 0 aromatic heterocycles. The third-order valence-corrected chi connectivity index (χ3v) is 1.22. The molecule has 0 radical (unpaired) electrons. The van der Waals surface area contributed by atoms with Gasteiger partial charge in [0, 0.05) is 34.0 Å². The van der Waals surface area contributed by atoms with E-state index < -0.39 is 0 Å². The molecule has 0 aliphatic carbocycles. The molecule has 0 amide bonds. The number of hydrogen-bond acceptors (Lipinski definition) is 4. The topological polar surface area (TPSA) is 42.5 Å². The fraction of sp³-hybridized carbons (Fsp3) is 1.00. The number of ether oxygens (including phenoxy) is 2. The Balaban J connectivity index is 2.69. The van der Waals surface area contributed by atoms with Crippen LogP contribution in [0.1, 0.15) is 0 Å². The van der Waals surface area contributed by atoms with E-state index in [1.54, 1.807) is 14.2 Å². The summed E-state index contributed by atoms with van der Waals surface area (Å²) < 4.78 is 9.71. The quantitative estimate of drug-likeness (QED) is 0.370. The monoisotopic (exact) mass is 162 g/mol. The Hall–Kier alpha value is -0.160. The van der Waals surface area contributed by atoms with E-state index in [1.165, 1.54) is 0 Å². The lowest BCUT2D eigenvalue weighted by molar-refractivity contribution is 0.191. The number of hydrogen-bond donors (Lipinski definition) is 2. The molecule has 0 aromatic rings. The van der Waals surface area contributed by atoms with Crippen LogP contribution in [0.2, 0.25) is 0 Å². The Morgan fingerprint density at radius 3 is 1.73 bits per heavy atom. The molecule has 0 atom stereocenters. The second-order valence-corrected chi connectivity index (χ2v) is 2.16. The first-order valence-corrected chi connectivity index (χ1v) is 3.81. The first kappa shape index (κ1) is 10.8. The van der Waals surface area contributed by atoms with Crippen molar-refractivity contribution in [3.63, 3.8) is 0 Å². The molecule has 0 aliphatic heterocycles. The molecule has 4 heteroatoms. The SMILES string of the molecule is COCCNCNCCOC. The molecular formula is C7H18N2O2. The molecule has 4 nitrogen and oxygen atoms in total. The molecule has 0 rings (SSSR count). The summed E-state index contributed by atoms with van der Waals surface area (Å²) in [5.74, 6) is 0. The van der Waals surface area contributed by atoms with E-state index in [-0.39, 0.29) is 0 Å². The Bertz CT molecular complexity index is 63.5. The first-order chi connectivity index (χ1) is 5.41. The van der Waals surface area contributed by atoms with Gasteiger partial charge in [-0.25, -0.2) is 0 Å². The summed E-state index contributed by atoms with van der Waals surface area (Å²) >= 11 is 0. The van der Waals surface area contributed by atoms with Crippen molar-refractivity contribution in [1.82, 2.24) is 10.6 Å². The summed E-state index contributed by atoms with van der Waals surface area (Å²) in [4.78, 5) is 0. The van der Waals surface area contributed by atoms with Gasteiger partial charge in [-0.1, -0.05) is 0 Å². The van der Waals surface area contributed by atoms with Crippen molar-refractivity contribution in [2.24, 2.45) is 0 Å². The highest BCUT2D eigenvalue weighted by Crippen LogP contribution is 1.64. The van der Waals surface area contributed by atoms with Gasteiger partial charge < -0.3 is 20.1 Å². The Labute approximate surface area is 68.3 Å². The Kier molecular flexibility index (Phi) is 9.70. The van der Waals surface area contributed by atoms with Crippen molar-refractivity contribution >= 4 is 0 Å². The Morgan fingerprint density at radius 2 is 1.36 bits per heavy atom. The molecule has 0 saturated heterocycles. The average molecular weight is 162 g/mol. The fourth-order valence-corrected chi connectivity index (χ4v) is 0.614. The van der Waals surface area contributed by atoms with Gasteiger partial charge in [0.2, 0.25) is 0 Å². The smallest absolute Gasteiger partial charge is 0.0587 e. The largest absolute Gasteiger partial charge is 0.383 e. The lowest BCUT2D eigenvalue weighted by Crippen LogP contribution is -2.33. The summed E-state index contributed by atoms with van der Waals surface area (Å²) in [5.41, 5.74) is 0. The van der Waals surface area contributed by atoms with Crippen LogP contribution in [-0.4, -0.2) is 47.2 Å². The molecule has 11 heavy (non-hydrogen) atoms. The highest BCUT2D eigenvalue weighted by Gasteiger charge is 1.85. The predicted octanol–water partition coefficient (Wildman–Crippen LogP) is -0.584. The molecule has 0 bridgehead atoms. The van der Waals surface area contributed by atoms with Gasteiger partial charge in [-0.05, 0) is 0 Å². The zero-order chi connectivity index (χ0) is 8.36. The lowest BCUT2D eigenvalue weighted by Gasteiger charge is -2.04. The number of rotatable bonds is 8. The van der Waals surface area contributed by atoms with Crippen LogP contribution in [0.3, 0.4) is 0 Å². The van der Waals surface area contributed by atoms with Gasteiger partial charge in [-0.2, -0.15) is 0 Å². The Morgan fingerprint density at radius 1 is 0.909 bits per heavy atom. The summed E-state index contributed by atoms with van der Waals surface area (Å²) in [5, 5.41) is 6.31. The fourth-order valence-electron chi connectivity index (χ4n) is 0.614. The molecule has 0 aromatic carbocycles. The van der Waals surface area contributed by atoms with Crippen LogP contribution in [0.4, 0.5) is 0 Å². The number of methoxy groups -OCH3 is 2. The predicted molar refractivity (Wildman–Crippen MR) is 44.6 cm³/mol. The third kappa shape index (κ3) is 9.84. The maximum Gasteiger partial charge on any atom is 0.0587 e. The van der Waals surface area contributed by atoms with E-state index in [2.05, 4.69) is 10.6 Å². The highest BCUT2D eigenvalue weighted by atomic mass is 16.5. The van der Waals surface area contributed by atoms with Crippen LogP contribution in [0, 0.1) is 0 Å². The molecule has 0 heterocycles. The van der Waals surface area contributed by atoms with Crippen molar-refractivity contribution in [3.05, 3.63) is 0 Å². The van der Waals surface area contributed by atoms with Crippen molar-refractivity contribution in [2.75, 3.05) is 47.2 Å². The molecular weight excluding hydrogens is 144 g/mol. The maximum absolute atomic E-state index is 4.85. The second kappa shape index (κ2) is 9.84. The minimum atomic E-state index is 0.756. The van der Waals surface area contributed by atoms with Crippen LogP contribution in [0.5, 0.6) is 0 Å². The van der Waals surface area contributed by atoms with E-state index in [9.17, 15) is 0 Å². The van der Waals surface area contributed by atoms with Crippen LogP contribution in [0.15, 0.2) is 0 Å². The van der Waals surface area contributed by atoms with Crippen molar-refractivity contribution < 1.29 is 9.47 Å². The van der Waals surface area contributed by atoms with E-state index in [1.807, 2.05) is 0 Å². The van der Waals surface area contributed by atoms with Crippen LogP contribution in [-0.2, 0) is 9.47 Å². The molecule has 0 saturated carbocycles. The molecule has 0 aliphatic rings. The zero-order valence-corrected chi connectivity index (χ0v) is 7.35. The van der Waals surface area contributed by atoms with Gasteiger partial charge in [0.15, 0.2) is 0 Å². The van der Waals surface area contributed by atoms with Crippen molar-refractivity contribution in [3.8, 4) is 0 Å². The van der Waals surface area contributed by atoms with Crippen molar-refractivity contribution in [2.45, 2.75) is 0 Å². The standard InChI is InChI=1S/C7H18N2O2/c1-10-5-3-8-7-9-4-6-11-2/h8-9H,3-7H2,1-2H3. The average Bonchev–Trinajstić information content (AvgIpc) is 2.03. The van der Waals surface area contributed by atoms with Gasteiger partial charge in [0.1, 0.15) is 0 Å². The van der Waals surface area contributed by atoms with E-state index in [0.29, 0.717) is 0 Å². The molecule has 0 unspecified atom stereocenters. The second-order valence-electron chi connectivity index (χ2n) is 2.16. The van der Waals surface area contributed by atoms with E-state index in [4.69, 9.17) is 9.47 Å². The van der Waals surface area contributed by atoms with E-state index >= 15 is 0 Å². The maximum atomic E-state index is 4.85. The number of nitrogens with one attached hydrogen (secondary N) is 2. The van der Waals surface area contributed by atoms with Crippen molar-refractivity contribution in [1.29, 1.82) is 0 Å². The van der Waals surface area contributed by atoms with Crippen LogP contribution < -0.4 is 10.6 Å². The molecule has 68 valence electrons. The van der Waals surface area contributed by atoms with Gasteiger partial charge in [-0.3, -0.25) is 0 Å². The third-order valence-electron chi connectivity index (χ3n) is 1.22.